The minimum Gasteiger partial charge on any atom is -0.378 e. The Labute approximate surface area is 195 Å². The molecule has 1 saturated carbocycles. The summed E-state index contributed by atoms with van der Waals surface area (Å²) in [5.41, 5.74) is 0.254. The molecule has 2 unspecified atom stereocenters. The first-order valence-corrected chi connectivity index (χ1v) is 11.6. The predicted molar refractivity (Wildman–Crippen MR) is 118 cm³/mol. The topological polar surface area (TPSA) is 92.3 Å². The van der Waals surface area contributed by atoms with Crippen LogP contribution in [-0.2, 0) is 15.7 Å². The number of ether oxygens (including phenoxy) is 1. The van der Waals surface area contributed by atoms with Gasteiger partial charge in [0.1, 0.15) is 11.4 Å². The van der Waals surface area contributed by atoms with Gasteiger partial charge in [0.05, 0.1) is 25.2 Å². The Morgan fingerprint density at radius 3 is 2.74 bits per heavy atom. The second kappa shape index (κ2) is 9.36. The molecule has 34 heavy (non-hydrogen) atoms. The summed E-state index contributed by atoms with van der Waals surface area (Å²) < 4.78 is 45.9. The molecule has 2 aromatic rings. The van der Waals surface area contributed by atoms with Crippen molar-refractivity contribution in [1.82, 2.24) is 19.9 Å². The lowest BCUT2D eigenvalue weighted by Gasteiger charge is -2.36. The van der Waals surface area contributed by atoms with E-state index in [9.17, 15) is 18.0 Å². The molecule has 3 fully saturated rings. The summed E-state index contributed by atoms with van der Waals surface area (Å²) in [4.78, 5) is 26.3. The van der Waals surface area contributed by atoms with Crippen LogP contribution in [0.2, 0.25) is 0 Å². The van der Waals surface area contributed by atoms with Crippen molar-refractivity contribution in [1.29, 1.82) is 0 Å². The SMILES string of the molecule is O=C1C2COCC(C2)N1CCCNc1nc(NC2CC(c3cccnc3)C2)ncc1C(F)(F)F. The fraction of sp³-hybridized carbons (Fsp3) is 0.565. The summed E-state index contributed by atoms with van der Waals surface area (Å²) >= 11 is 0. The van der Waals surface area contributed by atoms with Crippen molar-refractivity contribution < 1.29 is 22.7 Å². The van der Waals surface area contributed by atoms with E-state index in [1.165, 1.54) is 0 Å². The lowest BCUT2D eigenvalue weighted by atomic mass is 9.76. The molecule has 0 radical (unpaired) electrons. The molecule has 0 aromatic carbocycles. The standard InChI is InChI=1S/C23H27F3N6O2/c24-23(25,26)19-11-29-22(30-17-7-15(8-17)14-3-1-4-27-10-14)31-20(19)28-5-2-6-32-18-9-16(21(32)33)12-34-13-18/h1,3-4,10-11,15-18H,2,5-9,12-13H2,(H2,28,29,30,31). The van der Waals surface area contributed by atoms with Gasteiger partial charge in [-0.15, -0.1) is 0 Å². The van der Waals surface area contributed by atoms with Crippen molar-refractivity contribution >= 4 is 17.7 Å². The van der Waals surface area contributed by atoms with Gasteiger partial charge < -0.3 is 20.3 Å². The summed E-state index contributed by atoms with van der Waals surface area (Å²) in [7, 11) is 0. The third kappa shape index (κ3) is 4.79. The zero-order valence-corrected chi connectivity index (χ0v) is 18.6. The van der Waals surface area contributed by atoms with Crippen LogP contribution in [0.25, 0.3) is 0 Å². The third-order valence-corrected chi connectivity index (χ3v) is 6.85. The highest BCUT2D eigenvalue weighted by Gasteiger charge is 2.42. The number of pyridine rings is 1. The van der Waals surface area contributed by atoms with Crippen LogP contribution in [0.15, 0.2) is 30.7 Å². The molecule has 2 atom stereocenters. The van der Waals surface area contributed by atoms with Gasteiger partial charge in [-0.25, -0.2) is 4.98 Å². The number of carbonyl (C=O) groups is 1. The highest BCUT2D eigenvalue weighted by atomic mass is 19.4. The molecule has 8 nitrogen and oxygen atoms in total. The van der Waals surface area contributed by atoms with Crippen molar-refractivity contribution in [2.24, 2.45) is 5.92 Å². The van der Waals surface area contributed by atoms with E-state index < -0.39 is 11.7 Å². The number of rotatable bonds is 8. The van der Waals surface area contributed by atoms with Crippen molar-refractivity contribution in [3.63, 3.8) is 0 Å². The van der Waals surface area contributed by atoms with Crippen molar-refractivity contribution in [2.75, 3.05) is 36.9 Å². The van der Waals surface area contributed by atoms with Gasteiger partial charge in [0.25, 0.3) is 0 Å². The molecule has 0 spiro atoms. The van der Waals surface area contributed by atoms with Gasteiger partial charge in [-0.05, 0) is 43.2 Å². The number of anilines is 2. The monoisotopic (exact) mass is 476 g/mol. The first-order chi connectivity index (χ1) is 16.4. The quantitative estimate of drug-likeness (QED) is 0.565. The zero-order valence-electron chi connectivity index (χ0n) is 18.6. The number of likely N-dealkylation sites (tertiary alicyclic amines) is 1. The summed E-state index contributed by atoms with van der Waals surface area (Å²) in [5, 5.41) is 5.96. The van der Waals surface area contributed by atoms with E-state index in [4.69, 9.17) is 4.74 Å². The van der Waals surface area contributed by atoms with Crippen LogP contribution in [0, 0.1) is 5.92 Å². The van der Waals surface area contributed by atoms with Gasteiger partial charge in [-0.2, -0.15) is 18.2 Å². The Morgan fingerprint density at radius 1 is 1.15 bits per heavy atom. The van der Waals surface area contributed by atoms with E-state index >= 15 is 0 Å². The Kier molecular flexibility index (Phi) is 6.28. The second-order valence-corrected chi connectivity index (χ2v) is 9.19. The number of alkyl halides is 3. The van der Waals surface area contributed by atoms with Crippen molar-refractivity contribution in [2.45, 2.75) is 49.9 Å². The average Bonchev–Trinajstić information content (AvgIpc) is 3.01. The van der Waals surface area contributed by atoms with E-state index in [0.29, 0.717) is 32.1 Å². The van der Waals surface area contributed by atoms with Crippen LogP contribution in [0.3, 0.4) is 0 Å². The molecule has 2 saturated heterocycles. The molecule has 11 heteroatoms. The maximum Gasteiger partial charge on any atom is 0.421 e. The second-order valence-electron chi connectivity index (χ2n) is 9.19. The number of nitrogens with zero attached hydrogens (tertiary/aromatic N) is 4. The smallest absolute Gasteiger partial charge is 0.378 e. The minimum atomic E-state index is -4.57. The molecule has 1 aliphatic carbocycles. The van der Waals surface area contributed by atoms with Crippen LogP contribution in [-0.4, -0.2) is 64.1 Å². The van der Waals surface area contributed by atoms with Gasteiger partial charge in [-0.1, -0.05) is 6.07 Å². The summed E-state index contributed by atoms with van der Waals surface area (Å²) in [6.07, 6.45) is 2.81. The number of halogens is 3. The van der Waals surface area contributed by atoms with Crippen LogP contribution < -0.4 is 10.6 Å². The summed E-state index contributed by atoms with van der Waals surface area (Å²) in [6, 6.07) is 4.09. The van der Waals surface area contributed by atoms with Crippen molar-refractivity contribution in [3.05, 3.63) is 41.9 Å². The third-order valence-electron chi connectivity index (χ3n) is 6.85. The Morgan fingerprint density at radius 2 is 2.00 bits per heavy atom. The summed E-state index contributed by atoms with van der Waals surface area (Å²) in [6.45, 7) is 1.72. The molecular formula is C23H27F3N6O2. The maximum atomic E-state index is 13.5. The molecule has 2 aromatic heterocycles. The Balaban J connectivity index is 1.17. The lowest BCUT2D eigenvalue weighted by molar-refractivity contribution is -0.137. The van der Waals surface area contributed by atoms with Crippen LogP contribution in [0.5, 0.6) is 0 Å². The van der Waals surface area contributed by atoms with Gasteiger partial charge >= 0.3 is 6.18 Å². The molecule has 2 N–H and O–H groups in total. The molecule has 4 heterocycles. The van der Waals surface area contributed by atoms with E-state index in [0.717, 1.165) is 31.0 Å². The van der Waals surface area contributed by atoms with Gasteiger partial charge in [0.2, 0.25) is 11.9 Å². The van der Waals surface area contributed by atoms with Crippen molar-refractivity contribution in [3.8, 4) is 0 Å². The highest BCUT2D eigenvalue weighted by molar-refractivity contribution is 5.82. The maximum absolute atomic E-state index is 13.5. The van der Waals surface area contributed by atoms with Crippen LogP contribution in [0.4, 0.5) is 24.9 Å². The largest absolute Gasteiger partial charge is 0.421 e. The van der Waals surface area contributed by atoms with Gasteiger partial charge in [0, 0.05) is 37.7 Å². The van der Waals surface area contributed by atoms with E-state index in [1.54, 1.807) is 11.1 Å². The van der Waals surface area contributed by atoms with Crippen LogP contribution >= 0.6 is 0 Å². The Hall–Kier alpha value is -2.95. The van der Waals surface area contributed by atoms with E-state index in [1.807, 2.05) is 18.3 Å². The van der Waals surface area contributed by atoms with Crippen LogP contribution in [0.1, 0.15) is 42.7 Å². The minimum absolute atomic E-state index is 0.0739. The van der Waals surface area contributed by atoms with E-state index in [-0.39, 0.29) is 42.2 Å². The molecule has 1 amide bonds. The number of amides is 1. The average molecular weight is 477 g/mol. The molecule has 5 rings (SSSR count). The number of fused-ring (bicyclic) bond motifs is 2. The molecule has 3 aliphatic rings. The molecule has 182 valence electrons. The number of nitrogens with one attached hydrogen (secondary N) is 2. The number of aromatic nitrogens is 3. The zero-order chi connectivity index (χ0) is 23.7. The number of hydrogen-bond acceptors (Lipinski definition) is 7. The first kappa shape index (κ1) is 22.8. The highest BCUT2D eigenvalue weighted by Crippen LogP contribution is 2.38. The fourth-order valence-corrected chi connectivity index (χ4v) is 4.97. The molecule has 2 aliphatic heterocycles. The number of carbonyl (C=O) groups excluding carboxylic acids is 1. The number of hydrogen-bond donors (Lipinski definition) is 2. The van der Waals surface area contributed by atoms with E-state index in [2.05, 4.69) is 25.6 Å². The Bertz CT molecular complexity index is 1020. The normalized spacial score (nSPS) is 26.3. The van der Waals surface area contributed by atoms with Gasteiger partial charge in [-0.3, -0.25) is 9.78 Å². The summed E-state index contributed by atoms with van der Waals surface area (Å²) in [5.74, 6) is 0.297. The first-order valence-electron chi connectivity index (χ1n) is 11.6. The fourth-order valence-electron chi connectivity index (χ4n) is 4.97. The molecule has 2 bridgehead atoms. The lowest BCUT2D eigenvalue weighted by Crippen LogP contribution is -2.36. The van der Waals surface area contributed by atoms with Gasteiger partial charge in [0.15, 0.2) is 0 Å². The predicted octanol–water partition coefficient (Wildman–Crippen LogP) is 3.30. The molecular weight excluding hydrogens is 449 g/mol.